The van der Waals surface area contributed by atoms with Crippen LogP contribution in [0.15, 0.2) is 36.5 Å². The second-order valence-electron chi connectivity index (χ2n) is 5.84. The summed E-state index contributed by atoms with van der Waals surface area (Å²) in [6, 6.07) is 6.22. The standard InChI is InChI=1S/C17H21F3N4O/c1-3-16(4-2,11-21)22-15(25)14-8-9-24(23-14)13-7-5-6-12(10-13)17(18,19)20/h5-10H,3-4,11,21H2,1-2H3,(H,22,25). The molecule has 0 aliphatic heterocycles. The molecule has 2 rings (SSSR count). The third-order valence-electron chi connectivity index (χ3n) is 4.38. The van der Waals surface area contributed by atoms with Gasteiger partial charge in [-0.25, -0.2) is 4.68 Å². The maximum absolute atomic E-state index is 12.8. The van der Waals surface area contributed by atoms with Crippen molar-refractivity contribution in [3.05, 3.63) is 47.8 Å². The van der Waals surface area contributed by atoms with Gasteiger partial charge < -0.3 is 11.1 Å². The van der Waals surface area contributed by atoms with E-state index in [0.717, 1.165) is 12.1 Å². The Morgan fingerprint density at radius 3 is 2.48 bits per heavy atom. The van der Waals surface area contributed by atoms with E-state index in [0.29, 0.717) is 19.4 Å². The van der Waals surface area contributed by atoms with Crippen LogP contribution in [0.3, 0.4) is 0 Å². The molecule has 1 aromatic heterocycles. The van der Waals surface area contributed by atoms with Gasteiger partial charge in [0.2, 0.25) is 0 Å². The van der Waals surface area contributed by atoms with E-state index >= 15 is 0 Å². The number of rotatable bonds is 6. The molecule has 0 unspecified atom stereocenters. The number of aromatic nitrogens is 2. The van der Waals surface area contributed by atoms with E-state index in [1.54, 1.807) is 0 Å². The van der Waals surface area contributed by atoms with Crippen LogP contribution in [0.25, 0.3) is 5.69 Å². The average molecular weight is 354 g/mol. The molecule has 0 bridgehead atoms. The Balaban J connectivity index is 2.24. The van der Waals surface area contributed by atoms with Crippen molar-refractivity contribution in [3.63, 3.8) is 0 Å². The molecule has 0 aliphatic rings. The summed E-state index contributed by atoms with van der Waals surface area (Å²) >= 11 is 0. The summed E-state index contributed by atoms with van der Waals surface area (Å²) in [6.07, 6.45) is -1.65. The molecule has 8 heteroatoms. The molecule has 0 saturated carbocycles. The molecule has 136 valence electrons. The van der Waals surface area contributed by atoms with Gasteiger partial charge >= 0.3 is 6.18 Å². The normalized spacial score (nSPS) is 12.2. The molecule has 0 atom stereocenters. The fourth-order valence-electron chi connectivity index (χ4n) is 2.48. The van der Waals surface area contributed by atoms with E-state index < -0.39 is 23.2 Å². The van der Waals surface area contributed by atoms with Gasteiger partial charge in [-0.1, -0.05) is 19.9 Å². The molecule has 0 radical (unpaired) electrons. The quantitative estimate of drug-likeness (QED) is 0.837. The van der Waals surface area contributed by atoms with E-state index in [1.165, 1.54) is 29.1 Å². The van der Waals surface area contributed by atoms with Gasteiger partial charge in [-0.15, -0.1) is 0 Å². The van der Waals surface area contributed by atoms with Crippen molar-refractivity contribution in [2.24, 2.45) is 5.73 Å². The SMILES string of the molecule is CCC(CC)(CN)NC(=O)c1ccn(-c2cccc(C(F)(F)F)c2)n1. The zero-order valence-corrected chi connectivity index (χ0v) is 14.1. The Kier molecular flexibility index (Phi) is 5.52. The van der Waals surface area contributed by atoms with E-state index in [-0.39, 0.29) is 11.4 Å². The first-order valence-electron chi connectivity index (χ1n) is 8.00. The third-order valence-corrected chi connectivity index (χ3v) is 4.38. The average Bonchev–Trinajstić information content (AvgIpc) is 3.09. The lowest BCUT2D eigenvalue weighted by atomic mass is 9.93. The van der Waals surface area contributed by atoms with Gasteiger partial charge in [0.15, 0.2) is 5.69 Å². The van der Waals surface area contributed by atoms with Gasteiger partial charge in [-0.2, -0.15) is 18.3 Å². The molecule has 3 N–H and O–H groups in total. The van der Waals surface area contributed by atoms with Gasteiger partial charge in [0, 0.05) is 12.7 Å². The summed E-state index contributed by atoms with van der Waals surface area (Å²) in [7, 11) is 0. The van der Waals surface area contributed by atoms with Crippen LogP contribution in [0.5, 0.6) is 0 Å². The minimum Gasteiger partial charge on any atom is -0.344 e. The van der Waals surface area contributed by atoms with Gasteiger partial charge in [-0.05, 0) is 37.1 Å². The number of nitrogens with two attached hydrogens (primary N) is 1. The molecule has 1 amide bonds. The van der Waals surface area contributed by atoms with Gasteiger partial charge in [0.25, 0.3) is 5.91 Å². The van der Waals surface area contributed by atoms with Crippen LogP contribution in [0.1, 0.15) is 42.7 Å². The lowest BCUT2D eigenvalue weighted by molar-refractivity contribution is -0.137. The molecule has 2 aromatic rings. The number of hydrogen-bond acceptors (Lipinski definition) is 3. The summed E-state index contributed by atoms with van der Waals surface area (Å²) in [5.74, 6) is -0.403. The van der Waals surface area contributed by atoms with Crippen LogP contribution in [0.2, 0.25) is 0 Å². The van der Waals surface area contributed by atoms with Crippen molar-refractivity contribution in [2.45, 2.75) is 38.4 Å². The van der Waals surface area contributed by atoms with Gasteiger partial charge in [0.1, 0.15) is 0 Å². The number of carbonyl (C=O) groups is 1. The first-order valence-corrected chi connectivity index (χ1v) is 8.00. The predicted octanol–water partition coefficient (Wildman–Crippen LogP) is 3.14. The number of halogens is 3. The highest BCUT2D eigenvalue weighted by atomic mass is 19.4. The molecule has 25 heavy (non-hydrogen) atoms. The van der Waals surface area contributed by atoms with Crippen LogP contribution < -0.4 is 11.1 Å². The zero-order chi connectivity index (χ0) is 18.7. The van der Waals surface area contributed by atoms with E-state index in [4.69, 9.17) is 5.73 Å². The first kappa shape index (κ1) is 19.0. The third kappa shape index (κ3) is 4.19. The van der Waals surface area contributed by atoms with Crippen molar-refractivity contribution < 1.29 is 18.0 Å². The number of alkyl halides is 3. The van der Waals surface area contributed by atoms with Crippen molar-refractivity contribution in [2.75, 3.05) is 6.54 Å². The van der Waals surface area contributed by atoms with Crippen LogP contribution >= 0.6 is 0 Å². The molecular formula is C17H21F3N4O. The lowest BCUT2D eigenvalue weighted by Gasteiger charge is -2.31. The number of amides is 1. The molecule has 0 saturated heterocycles. The summed E-state index contributed by atoms with van der Waals surface area (Å²) in [6.45, 7) is 4.15. The van der Waals surface area contributed by atoms with Crippen LogP contribution in [0.4, 0.5) is 13.2 Å². The Hall–Kier alpha value is -2.35. The minimum absolute atomic E-state index is 0.122. The second-order valence-corrected chi connectivity index (χ2v) is 5.84. The Bertz CT molecular complexity index is 727. The molecule has 5 nitrogen and oxygen atoms in total. The minimum atomic E-state index is -4.44. The fourth-order valence-corrected chi connectivity index (χ4v) is 2.48. The van der Waals surface area contributed by atoms with Crippen LogP contribution in [-0.4, -0.2) is 27.8 Å². The summed E-state index contributed by atoms with van der Waals surface area (Å²) < 4.78 is 39.7. The van der Waals surface area contributed by atoms with E-state index in [1.807, 2.05) is 13.8 Å². The monoisotopic (exact) mass is 354 g/mol. The molecule has 0 aliphatic carbocycles. The second kappa shape index (κ2) is 7.26. The van der Waals surface area contributed by atoms with Crippen molar-refractivity contribution in [1.82, 2.24) is 15.1 Å². The van der Waals surface area contributed by atoms with Crippen LogP contribution in [-0.2, 0) is 6.18 Å². The number of nitrogens with zero attached hydrogens (tertiary/aromatic N) is 2. The van der Waals surface area contributed by atoms with E-state index in [9.17, 15) is 18.0 Å². The lowest BCUT2D eigenvalue weighted by Crippen LogP contribution is -2.53. The van der Waals surface area contributed by atoms with Crippen molar-refractivity contribution in [1.29, 1.82) is 0 Å². The topological polar surface area (TPSA) is 72.9 Å². The highest BCUT2D eigenvalue weighted by Gasteiger charge is 2.31. The molecular weight excluding hydrogens is 333 g/mol. The largest absolute Gasteiger partial charge is 0.416 e. The summed E-state index contributed by atoms with van der Waals surface area (Å²) in [4.78, 5) is 12.4. The van der Waals surface area contributed by atoms with Crippen LogP contribution in [0, 0.1) is 0 Å². The van der Waals surface area contributed by atoms with Gasteiger partial charge in [0.05, 0.1) is 16.8 Å². The Morgan fingerprint density at radius 2 is 1.92 bits per heavy atom. The number of hydrogen-bond donors (Lipinski definition) is 2. The van der Waals surface area contributed by atoms with E-state index in [2.05, 4.69) is 10.4 Å². The maximum Gasteiger partial charge on any atom is 0.416 e. The smallest absolute Gasteiger partial charge is 0.344 e. The maximum atomic E-state index is 12.8. The highest BCUT2D eigenvalue weighted by molar-refractivity contribution is 5.92. The number of benzene rings is 1. The molecule has 1 heterocycles. The summed E-state index contributed by atoms with van der Waals surface area (Å²) in [5, 5.41) is 6.96. The highest BCUT2D eigenvalue weighted by Crippen LogP contribution is 2.30. The Morgan fingerprint density at radius 1 is 1.24 bits per heavy atom. The summed E-state index contributed by atoms with van der Waals surface area (Å²) in [5.41, 5.74) is 4.82. The molecule has 0 fully saturated rings. The molecule has 1 aromatic carbocycles. The van der Waals surface area contributed by atoms with Crippen molar-refractivity contribution >= 4 is 5.91 Å². The first-order chi connectivity index (χ1) is 11.7. The number of carbonyl (C=O) groups excluding carboxylic acids is 1. The number of nitrogens with one attached hydrogen (secondary N) is 1. The molecule has 0 spiro atoms. The predicted molar refractivity (Wildman–Crippen MR) is 88.4 cm³/mol. The fraction of sp³-hybridized carbons (Fsp3) is 0.412. The zero-order valence-electron chi connectivity index (χ0n) is 14.1. The Labute approximate surface area is 144 Å². The van der Waals surface area contributed by atoms with Crippen molar-refractivity contribution in [3.8, 4) is 5.69 Å². The van der Waals surface area contributed by atoms with Gasteiger partial charge in [-0.3, -0.25) is 4.79 Å².